The minimum Gasteiger partial charge on any atom is -0.478 e. The first-order chi connectivity index (χ1) is 6.79. The molecule has 0 aliphatic carbocycles. The van der Waals surface area contributed by atoms with Gasteiger partial charge in [0.05, 0.1) is 5.69 Å². The van der Waals surface area contributed by atoms with Gasteiger partial charge in [-0.2, -0.15) is 18.3 Å². The van der Waals surface area contributed by atoms with Crippen LogP contribution in [0.5, 0.6) is 0 Å². The maximum absolute atomic E-state index is 11.9. The van der Waals surface area contributed by atoms with Gasteiger partial charge in [0.2, 0.25) is 0 Å². The molecule has 1 N–H and O–H groups in total. The fourth-order valence-corrected chi connectivity index (χ4v) is 1.16. The summed E-state index contributed by atoms with van der Waals surface area (Å²) in [5.41, 5.74) is -0.218. The van der Waals surface area contributed by atoms with Crippen molar-refractivity contribution in [3.8, 4) is 0 Å². The number of hydrogen-bond donors (Lipinski definition) is 1. The van der Waals surface area contributed by atoms with Gasteiger partial charge in [-0.3, -0.25) is 4.68 Å². The average Bonchev–Trinajstić information content (AvgIpc) is 2.42. The molecule has 0 fully saturated rings. The van der Waals surface area contributed by atoms with Crippen molar-refractivity contribution in [1.29, 1.82) is 0 Å². The number of alkyl halides is 3. The van der Waals surface area contributed by atoms with E-state index in [1.807, 2.05) is 0 Å². The Balaban J connectivity index is 2.80. The van der Waals surface area contributed by atoms with Crippen LogP contribution in [0.2, 0.25) is 0 Å². The lowest BCUT2D eigenvalue weighted by atomic mass is 10.1. The van der Waals surface area contributed by atoms with Crippen molar-refractivity contribution in [2.24, 2.45) is 7.05 Å². The summed E-state index contributed by atoms with van der Waals surface area (Å²) in [6.45, 7) is 0. The molecule has 84 valence electrons. The van der Waals surface area contributed by atoms with Gasteiger partial charge < -0.3 is 5.11 Å². The van der Waals surface area contributed by atoms with Crippen molar-refractivity contribution in [3.63, 3.8) is 0 Å². The first-order valence-corrected chi connectivity index (χ1v) is 4.12. The van der Waals surface area contributed by atoms with Gasteiger partial charge in [-0.25, -0.2) is 4.79 Å². The van der Waals surface area contributed by atoms with E-state index in [9.17, 15) is 18.0 Å². The van der Waals surface area contributed by atoms with Gasteiger partial charge in [0.15, 0.2) is 0 Å². The van der Waals surface area contributed by atoms with E-state index in [0.29, 0.717) is 0 Å². The second-order valence-corrected chi connectivity index (χ2v) is 3.08. The number of aromatic carboxylic acids is 1. The van der Waals surface area contributed by atoms with Crippen molar-refractivity contribution < 1.29 is 23.1 Å². The smallest absolute Gasteiger partial charge is 0.389 e. The van der Waals surface area contributed by atoms with Crippen LogP contribution in [0.3, 0.4) is 0 Å². The van der Waals surface area contributed by atoms with E-state index in [-0.39, 0.29) is 11.3 Å². The number of aromatic nitrogens is 2. The number of rotatable bonds is 3. The third-order valence-corrected chi connectivity index (χ3v) is 1.78. The molecule has 0 saturated carbocycles. The molecule has 1 heterocycles. The lowest BCUT2D eigenvalue weighted by Crippen LogP contribution is -2.10. The van der Waals surface area contributed by atoms with E-state index < -0.39 is 25.0 Å². The van der Waals surface area contributed by atoms with Crippen molar-refractivity contribution in [3.05, 3.63) is 17.5 Å². The Bertz CT molecular complexity index is 370. The predicted octanol–water partition coefficient (Wildman–Crippen LogP) is 1.61. The quantitative estimate of drug-likeness (QED) is 0.845. The summed E-state index contributed by atoms with van der Waals surface area (Å²) < 4.78 is 36.9. The topological polar surface area (TPSA) is 55.1 Å². The fourth-order valence-electron chi connectivity index (χ4n) is 1.16. The Labute approximate surface area is 83.3 Å². The third-order valence-electron chi connectivity index (χ3n) is 1.78. The summed E-state index contributed by atoms with van der Waals surface area (Å²) in [7, 11) is 1.46. The van der Waals surface area contributed by atoms with Gasteiger partial charge in [0, 0.05) is 26.1 Å². The van der Waals surface area contributed by atoms with Crippen LogP contribution in [0, 0.1) is 0 Å². The van der Waals surface area contributed by atoms with E-state index in [4.69, 9.17) is 5.11 Å². The molecule has 0 unspecified atom stereocenters. The summed E-state index contributed by atoms with van der Waals surface area (Å²) in [5, 5.41) is 12.3. The Kier molecular flexibility index (Phi) is 3.01. The number of aryl methyl sites for hydroxylation is 2. The van der Waals surface area contributed by atoms with E-state index in [1.54, 1.807) is 0 Å². The number of halogens is 3. The molecule has 15 heavy (non-hydrogen) atoms. The van der Waals surface area contributed by atoms with Crippen LogP contribution in [0.1, 0.15) is 22.5 Å². The van der Waals surface area contributed by atoms with E-state index in [0.717, 1.165) is 0 Å². The zero-order chi connectivity index (χ0) is 11.6. The third kappa shape index (κ3) is 3.26. The van der Waals surface area contributed by atoms with Crippen LogP contribution in [0.4, 0.5) is 13.2 Å². The zero-order valence-electron chi connectivity index (χ0n) is 7.88. The van der Waals surface area contributed by atoms with Crippen LogP contribution < -0.4 is 0 Å². The fraction of sp³-hybridized carbons (Fsp3) is 0.500. The molecule has 0 bridgehead atoms. The molecule has 0 radical (unpaired) electrons. The van der Waals surface area contributed by atoms with Gasteiger partial charge in [-0.05, 0) is 0 Å². The van der Waals surface area contributed by atoms with Crippen LogP contribution in [0.15, 0.2) is 6.20 Å². The molecule has 0 aromatic carbocycles. The number of carbonyl (C=O) groups is 1. The highest BCUT2D eigenvalue weighted by molar-refractivity contribution is 5.88. The largest absolute Gasteiger partial charge is 0.478 e. The highest BCUT2D eigenvalue weighted by Crippen LogP contribution is 2.22. The van der Waals surface area contributed by atoms with Crippen LogP contribution in [0.25, 0.3) is 0 Å². The standard InChI is InChI=1S/C8H9F3N2O2/c1-13-4-5(7(14)15)6(12-13)2-3-8(9,10)11/h4H,2-3H2,1H3,(H,14,15). The Hall–Kier alpha value is -1.53. The van der Waals surface area contributed by atoms with Crippen LogP contribution in [-0.4, -0.2) is 27.0 Å². The summed E-state index contributed by atoms with van der Waals surface area (Å²) in [6, 6.07) is 0. The molecule has 0 atom stereocenters. The first kappa shape index (κ1) is 11.5. The molecular formula is C8H9F3N2O2. The van der Waals surface area contributed by atoms with Gasteiger partial charge in [-0.15, -0.1) is 0 Å². The van der Waals surface area contributed by atoms with E-state index in [1.165, 1.54) is 17.9 Å². The minimum absolute atomic E-state index is 0.0395. The number of hydrogen-bond acceptors (Lipinski definition) is 2. The van der Waals surface area contributed by atoms with Gasteiger partial charge in [-0.1, -0.05) is 0 Å². The molecule has 0 amide bonds. The highest BCUT2D eigenvalue weighted by Gasteiger charge is 2.28. The Morgan fingerprint density at radius 3 is 2.67 bits per heavy atom. The molecule has 1 aromatic heterocycles. The normalized spacial score (nSPS) is 11.7. The summed E-state index contributed by atoms with van der Waals surface area (Å²) in [5.74, 6) is -1.26. The SMILES string of the molecule is Cn1cc(C(=O)O)c(CCC(F)(F)F)n1. The van der Waals surface area contributed by atoms with E-state index in [2.05, 4.69) is 5.10 Å². The summed E-state index contributed by atoms with van der Waals surface area (Å²) in [6.07, 6.45) is -4.59. The maximum atomic E-state index is 11.9. The molecule has 7 heteroatoms. The average molecular weight is 222 g/mol. The highest BCUT2D eigenvalue weighted by atomic mass is 19.4. The molecule has 4 nitrogen and oxygen atoms in total. The van der Waals surface area contributed by atoms with Crippen LogP contribution in [-0.2, 0) is 13.5 Å². The first-order valence-electron chi connectivity index (χ1n) is 4.12. The molecule has 0 saturated heterocycles. The van der Waals surface area contributed by atoms with Gasteiger partial charge >= 0.3 is 12.1 Å². The van der Waals surface area contributed by atoms with Crippen molar-refractivity contribution in [2.75, 3.05) is 0 Å². The number of carboxylic acids is 1. The van der Waals surface area contributed by atoms with Crippen molar-refractivity contribution >= 4 is 5.97 Å². The lowest BCUT2D eigenvalue weighted by Gasteiger charge is -2.04. The monoisotopic (exact) mass is 222 g/mol. The Morgan fingerprint density at radius 1 is 1.60 bits per heavy atom. The predicted molar refractivity (Wildman–Crippen MR) is 44.5 cm³/mol. The molecule has 0 aliphatic heterocycles. The van der Waals surface area contributed by atoms with Gasteiger partial charge in [0.1, 0.15) is 5.56 Å². The number of carboxylic acid groups (broad SMARTS) is 1. The van der Waals surface area contributed by atoms with Crippen molar-refractivity contribution in [2.45, 2.75) is 19.0 Å². The van der Waals surface area contributed by atoms with Crippen LogP contribution >= 0.6 is 0 Å². The maximum Gasteiger partial charge on any atom is 0.389 e. The molecule has 0 aliphatic rings. The second-order valence-electron chi connectivity index (χ2n) is 3.08. The van der Waals surface area contributed by atoms with Gasteiger partial charge in [0.25, 0.3) is 0 Å². The second kappa shape index (κ2) is 3.92. The molecule has 1 aromatic rings. The molecular weight excluding hydrogens is 213 g/mol. The zero-order valence-corrected chi connectivity index (χ0v) is 7.88. The number of nitrogens with zero attached hydrogens (tertiary/aromatic N) is 2. The molecule has 0 spiro atoms. The summed E-state index contributed by atoms with van der Waals surface area (Å²) in [4.78, 5) is 10.6. The Morgan fingerprint density at radius 2 is 2.20 bits per heavy atom. The minimum atomic E-state index is -4.30. The van der Waals surface area contributed by atoms with Crippen molar-refractivity contribution in [1.82, 2.24) is 9.78 Å². The lowest BCUT2D eigenvalue weighted by molar-refractivity contribution is -0.134. The molecule has 1 rings (SSSR count). The summed E-state index contributed by atoms with van der Waals surface area (Å²) >= 11 is 0. The van der Waals surface area contributed by atoms with E-state index >= 15 is 0 Å².